The van der Waals surface area contributed by atoms with Crippen LogP contribution in [-0.4, -0.2) is 18.1 Å². The molecule has 1 aliphatic carbocycles. The van der Waals surface area contributed by atoms with E-state index in [4.69, 9.17) is 0 Å². The Morgan fingerprint density at radius 2 is 1.39 bits per heavy atom. The Morgan fingerprint density at radius 1 is 0.870 bits per heavy atom. The summed E-state index contributed by atoms with van der Waals surface area (Å²) in [6.45, 7) is 0. The second-order valence-electron chi connectivity index (χ2n) is 6.16. The minimum absolute atomic E-state index is 0.204. The fraction of sp³-hybridized carbons (Fsp3) is 0.350. The highest BCUT2D eigenvalue weighted by Gasteiger charge is 2.20. The zero-order valence-electron chi connectivity index (χ0n) is 13.4. The summed E-state index contributed by atoms with van der Waals surface area (Å²) in [7, 11) is -0.629. The van der Waals surface area contributed by atoms with Gasteiger partial charge >= 0.3 is 0 Å². The Bertz CT molecular complexity index is 569. The molecule has 0 saturated heterocycles. The highest BCUT2D eigenvalue weighted by Crippen LogP contribution is 2.33. The van der Waals surface area contributed by atoms with Gasteiger partial charge in [-0.1, -0.05) is 79.9 Å². The molecule has 1 amide bonds. The van der Waals surface area contributed by atoms with E-state index in [1.807, 2.05) is 12.1 Å². The Labute approximate surface area is 140 Å². The van der Waals surface area contributed by atoms with Crippen molar-refractivity contribution in [1.29, 1.82) is 0 Å². The van der Waals surface area contributed by atoms with Gasteiger partial charge in [0.25, 0.3) is 0 Å². The van der Waals surface area contributed by atoms with E-state index in [0.29, 0.717) is 12.2 Å². The summed E-state index contributed by atoms with van der Waals surface area (Å²) in [5.41, 5.74) is 0. The predicted octanol–water partition coefficient (Wildman–Crippen LogP) is 3.57. The highest BCUT2D eigenvalue weighted by molar-refractivity contribution is 7.73. The average molecular weight is 325 g/mol. The largest absolute Gasteiger partial charge is 0.353 e. The highest BCUT2D eigenvalue weighted by atomic mass is 31.1. The van der Waals surface area contributed by atoms with Gasteiger partial charge in [0.15, 0.2) is 0 Å². The van der Waals surface area contributed by atoms with Gasteiger partial charge < -0.3 is 5.32 Å². The lowest BCUT2D eigenvalue weighted by Gasteiger charge is -2.24. The number of rotatable bonds is 5. The first-order valence-corrected chi connectivity index (χ1v) is 10.0. The third-order valence-electron chi connectivity index (χ3n) is 4.41. The van der Waals surface area contributed by atoms with Crippen LogP contribution in [0.25, 0.3) is 0 Å². The molecular weight excluding hydrogens is 301 g/mol. The lowest BCUT2D eigenvalue weighted by molar-refractivity contribution is -0.119. The van der Waals surface area contributed by atoms with Crippen molar-refractivity contribution in [3.63, 3.8) is 0 Å². The molecule has 0 radical (unpaired) electrons. The summed E-state index contributed by atoms with van der Waals surface area (Å²) in [5.74, 6) is 0.204. The van der Waals surface area contributed by atoms with Crippen molar-refractivity contribution in [2.45, 2.75) is 38.1 Å². The van der Waals surface area contributed by atoms with E-state index < -0.39 is 7.92 Å². The van der Waals surface area contributed by atoms with E-state index in [0.717, 1.165) is 12.8 Å². The quantitative estimate of drug-likeness (QED) is 0.837. The molecule has 0 aromatic heterocycles. The molecule has 0 bridgehead atoms. The summed E-state index contributed by atoms with van der Waals surface area (Å²) >= 11 is 0. The summed E-state index contributed by atoms with van der Waals surface area (Å²) in [6, 6.07) is 21.3. The summed E-state index contributed by atoms with van der Waals surface area (Å²) < 4.78 is 0. The number of hydrogen-bond donors (Lipinski definition) is 1. The van der Waals surface area contributed by atoms with Gasteiger partial charge in [-0.2, -0.15) is 0 Å². The molecule has 1 aliphatic rings. The maximum Gasteiger partial charge on any atom is 0.225 e. The molecule has 3 heteroatoms. The molecule has 23 heavy (non-hydrogen) atoms. The zero-order valence-corrected chi connectivity index (χ0v) is 14.3. The fourth-order valence-corrected chi connectivity index (χ4v) is 5.32. The van der Waals surface area contributed by atoms with Crippen molar-refractivity contribution in [3.8, 4) is 0 Å². The van der Waals surface area contributed by atoms with Crippen LogP contribution < -0.4 is 15.9 Å². The second-order valence-corrected chi connectivity index (χ2v) is 8.36. The molecule has 0 aliphatic heterocycles. The van der Waals surface area contributed by atoms with E-state index >= 15 is 0 Å². The molecular formula is C20H24NOP. The topological polar surface area (TPSA) is 29.1 Å². The molecule has 0 atom stereocenters. The van der Waals surface area contributed by atoms with Gasteiger partial charge in [0.05, 0.1) is 6.16 Å². The van der Waals surface area contributed by atoms with Crippen molar-refractivity contribution < 1.29 is 4.79 Å². The molecule has 1 saturated carbocycles. The first-order chi connectivity index (χ1) is 11.3. The van der Waals surface area contributed by atoms with Crippen LogP contribution >= 0.6 is 7.92 Å². The van der Waals surface area contributed by atoms with E-state index in [9.17, 15) is 4.79 Å². The van der Waals surface area contributed by atoms with Gasteiger partial charge in [0, 0.05) is 6.04 Å². The standard InChI is InChI=1S/C20H24NOP/c22-20(21-17-10-4-1-5-11-17)16-23(18-12-6-2-7-13-18)19-14-8-3-9-15-19/h2-3,6-9,12-15,17H,1,4-5,10-11,16H2,(H,21,22). The maximum atomic E-state index is 12.6. The molecule has 0 unspecified atom stereocenters. The lowest BCUT2D eigenvalue weighted by Crippen LogP contribution is -2.38. The van der Waals surface area contributed by atoms with E-state index in [-0.39, 0.29) is 5.91 Å². The number of carbonyl (C=O) groups is 1. The third kappa shape index (κ3) is 4.65. The Morgan fingerprint density at radius 3 is 1.91 bits per heavy atom. The van der Waals surface area contributed by atoms with Crippen LogP contribution in [0.4, 0.5) is 0 Å². The van der Waals surface area contributed by atoms with Crippen molar-refractivity contribution >= 4 is 24.4 Å². The zero-order chi connectivity index (χ0) is 15.9. The SMILES string of the molecule is O=C(CP(c1ccccc1)c1ccccc1)NC1CCCCC1. The van der Waals surface area contributed by atoms with E-state index in [1.54, 1.807) is 0 Å². The normalized spacial score (nSPS) is 15.5. The monoisotopic (exact) mass is 325 g/mol. The first kappa shape index (κ1) is 16.2. The summed E-state index contributed by atoms with van der Waals surface area (Å²) in [5, 5.41) is 5.81. The molecule has 3 rings (SSSR count). The predicted molar refractivity (Wildman–Crippen MR) is 99.0 cm³/mol. The van der Waals surface area contributed by atoms with Gasteiger partial charge in [-0.3, -0.25) is 4.79 Å². The van der Waals surface area contributed by atoms with Crippen LogP contribution in [-0.2, 0) is 4.79 Å². The van der Waals surface area contributed by atoms with Crippen LogP contribution in [0.1, 0.15) is 32.1 Å². The van der Waals surface area contributed by atoms with Crippen LogP contribution in [0.3, 0.4) is 0 Å². The Hall–Kier alpha value is -1.66. The van der Waals surface area contributed by atoms with E-state index in [2.05, 4.69) is 53.8 Å². The van der Waals surface area contributed by atoms with Crippen molar-refractivity contribution in [2.75, 3.05) is 6.16 Å². The van der Waals surface area contributed by atoms with E-state index in [1.165, 1.54) is 29.9 Å². The Balaban J connectivity index is 1.72. The number of amides is 1. The average Bonchev–Trinajstić information content (AvgIpc) is 2.62. The number of benzene rings is 2. The molecule has 2 aromatic carbocycles. The van der Waals surface area contributed by atoms with Crippen LogP contribution in [0.15, 0.2) is 60.7 Å². The lowest BCUT2D eigenvalue weighted by atomic mass is 9.95. The van der Waals surface area contributed by atoms with Crippen molar-refractivity contribution in [3.05, 3.63) is 60.7 Å². The molecule has 2 nitrogen and oxygen atoms in total. The minimum atomic E-state index is -0.629. The molecule has 1 fully saturated rings. The molecule has 1 N–H and O–H groups in total. The van der Waals surface area contributed by atoms with Gasteiger partial charge in [0.2, 0.25) is 5.91 Å². The fourth-order valence-electron chi connectivity index (χ4n) is 3.21. The second kappa shape index (κ2) is 8.26. The van der Waals surface area contributed by atoms with Gasteiger partial charge in [-0.15, -0.1) is 0 Å². The summed E-state index contributed by atoms with van der Waals surface area (Å²) in [4.78, 5) is 12.6. The maximum absolute atomic E-state index is 12.6. The van der Waals surface area contributed by atoms with Crippen molar-refractivity contribution in [1.82, 2.24) is 5.32 Å². The summed E-state index contributed by atoms with van der Waals surface area (Å²) in [6.07, 6.45) is 6.67. The third-order valence-corrected chi connectivity index (χ3v) is 6.85. The van der Waals surface area contributed by atoms with Gasteiger partial charge in [-0.05, 0) is 31.4 Å². The Kier molecular flexibility index (Phi) is 5.82. The van der Waals surface area contributed by atoms with Gasteiger partial charge in [0.1, 0.15) is 0 Å². The van der Waals surface area contributed by atoms with Gasteiger partial charge in [-0.25, -0.2) is 0 Å². The van der Waals surface area contributed by atoms with Crippen LogP contribution in [0.2, 0.25) is 0 Å². The van der Waals surface area contributed by atoms with Crippen LogP contribution in [0.5, 0.6) is 0 Å². The molecule has 0 heterocycles. The number of nitrogens with one attached hydrogen (secondary N) is 1. The first-order valence-electron chi connectivity index (χ1n) is 8.50. The number of hydrogen-bond acceptors (Lipinski definition) is 1. The molecule has 2 aromatic rings. The number of carbonyl (C=O) groups excluding carboxylic acids is 1. The van der Waals surface area contributed by atoms with Crippen molar-refractivity contribution in [2.24, 2.45) is 0 Å². The van der Waals surface area contributed by atoms with Crippen LogP contribution in [0, 0.1) is 0 Å². The smallest absolute Gasteiger partial charge is 0.225 e. The molecule has 0 spiro atoms. The minimum Gasteiger partial charge on any atom is -0.353 e. The molecule has 120 valence electrons.